The lowest BCUT2D eigenvalue weighted by Gasteiger charge is -2.33. The number of nitrogens with one attached hydrogen (secondary N) is 1. The molecule has 3 aromatic rings. The average Bonchev–Trinajstić information content (AvgIpc) is 2.94. The Kier molecular flexibility index (Phi) is 11.4. The summed E-state index contributed by atoms with van der Waals surface area (Å²) in [6.07, 6.45) is 0.896. The summed E-state index contributed by atoms with van der Waals surface area (Å²) in [5.74, 6) is -0.483. The molecule has 1 N–H and O–H groups in total. The number of aryl methyl sites for hydroxylation is 2. The topological polar surface area (TPSA) is 86.8 Å². The zero-order valence-electron chi connectivity index (χ0n) is 24.4. The highest BCUT2D eigenvalue weighted by Gasteiger charge is 2.34. The van der Waals surface area contributed by atoms with Crippen molar-refractivity contribution >= 4 is 39.1 Å². The highest BCUT2D eigenvalue weighted by atomic mass is 35.5. The highest BCUT2D eigenvalue weighted by Crippen LogP contribution is 2.30. The molecule has 2 amide bonds. The third-order valence-corrected chi connectivity index (χ3v) is 8.89. The summed E-state index contributed by atoms with van der Waals surface area (Å²) >= 11 is 6.30. The molecule has 0 bridgehead atoms. The largest absolute Gasteiger partial charge is 0.354 e. The number of benzene rings is 3. The molecule has 0 spiro atoms. The highest BCUT2D eigenvalue weighted by molar-refractivity contribution is 7.92. The molecule has 1 atom stereocenters. The van der Waals surface area contributed by atoms with Crippen molar-refractivity contribution in [3.05, 3.63) is 94.5 Å². The van der Waals surface area contributed by atoms with Gasteiger partial charge in [0.15, 0.2) is 0 Å². The average molecular weight is 598 g/mol. The fourth-order valence-electron chi connectivity index (χ4n) is 4.52. The van der Waals surface area contributed by atoms with E-state index in [0.717, 1.165) is 15.4 Å². The first-order valence-electron chi connectivity index (χ1n) is 13.9. The molecule has 0 radical (unpaired) electrons. The van der Waals surface area contributed by atoms with Crippen molar-refractivity contribution in [1.82, 2.24) is 10.2 Å². The maximum Gasteiger partial charge on any atom is 0.264 e. The van der Waals surface area contributed by atoms with E-state index in [1.165, 1.54) is 17.0 Å². The molecule has 9 heteroatoms. The van der Waals surface area contributed by atoms with Crippen molar-refractivity contribution < 1.29 is 18.0 Å². The van der Waals surface area contributed by atoms with E-state index in [1.54, 1.807) is 37.3 Å². The van der Waals surface area contributed by atoms with Gasteiger partial charge in [0.1, 0.15) is 12.6 Å². The molecule has 0 aromatic heterocycles. The Morgan fingerprint density at radius 3 is 2.22 bits per heavy atom. The van der Waals surface area contributed by atoms with Crippen molar-refractivity contribution in [2.24, 2.45) is 5.92 Å². The smallest absolute Gasteiger partial charge is 0.264 e. The summed E-state index contributed by atoms with van der Waals surface area (Å²) in [6.45, 7) is 9.74. The minimum absolute atomic E-state index is 0.0628. The van der Waals surface area contributed by atoms with Gasteiger partial charge in [-0.3, -0.25) is 13.9 Å². The van der Waals surface area contributed by atoms with Crippen LogP contribution in [0.1, 0.15) is 43.9 Å². The van der Waals surface area contributed by atoms with Gasteiger partial charge >= 0.3 is 0 Å². The third-order valence-electron chi connectivity index (χ3n) is 6.88. The number of sulfonamides is 1. The number of hydrogen-bond donors (Lipinski definition) is 1. The molecule has 0 saturated heterocycles. The summed E-state index contributed by atoms with van der Waals surface area (Å²) in [5, 5.41) is 3.30. The van der Waals surface area contributed by atoms with E-state index in [2.05, 4.69) is 5.32 Å². The van der Waals surface area contributed by atoms with Crippen molar-refractivity contribution in [3.8, 4) is 0 Å². The second-order valence-corrected chi connectivity index (χ2v) is 12.9. The maximum atomic E-state index is 14.1. The molecule has 220 valence electrons. The Labute approximate surface area is 249 Å². The van der Waals surface area contributed by atoms with E-state index in [-0.39, 0.29) is 23.3 Å². The predicted octanol–water partition coefficient (Wildman–Crippen LogP) is 5.77. The van der Waals surface area contributed by atoms with Gasteiger partial charge in [-0.15, -0.1) is 0 Å². The quantitative estimate of drug-likeness (QED) is 0.271. The molecule has 1 unspecified atom stereocenters. The van der Waals surface area contributed by atoms with Gasteiger partial charge < -0.3 is 10.2 Å². The monoisotopic (exact) mass is 597 g/mol. The second kappa shape index (κ2) is 14.5. The number of anilines is 1. The van der Waals surface area contributed by atoms with Crippen LogP contribution in [-0.2, 0) is 26.0 Å². The lowest BCUT2D eigenvalue weighted by molar-refractivity contribution is -0.139. The summed E-state index contributed by atoms with van der Waals surface area (Å²) in [6, 6.07) is 20.4. The van der Waals surface area contributed by atoms with E-state index in [9.17, 15) is 18.0 Å². The predicted molar refractivity (Wildman–Crippen MR) is 166 cm³/mol. The van der Waals surface area contributed by atoms with Crippen LogP contribution >= 0.6 is 11.6 Å². The van der Waals surface area contributed by atoms with E-state index in [1.807, 2.05) is 58.0 Å². The third kappa shape index (κ3) is 8.57. The normalized spacial score (nSPS) is 12.2. The number of hydrogen-bond acceptors (Lipinski definition) is 4. The SMILES string of the molecule is CCC(C(=O)NCC(C)C)N(CCc1ccccc1)C(=O)CN(c1cc(Cl)ccc1C)S(=O)(=O)c1ccc(C)cc1. The van der Waals surface area contributed by atoms with Crippen LogP contribution in [-0.4, -0.2) is 50.8 Å². The van der Waals surface area contributed by atoms with Crippen LogP contribution in [0.3, 0.4) is 0 Å². The fourth-order valence-corrected chi connectivity index (χ4v) is 6.16. The Bertz CT molecular complexity index is 1430. The molecule has 3 rings (SSSR count). The fraction of sp³-hybridized carbons (Fsp3) is 0.375. The number of carbonyl (C=O) groups excluding carboxylic acids is 2. The van der Waals surface area contributed by atoms with Crippen LogP contribution < -0.4 is 9.62 Å². The number of rotatable bonds is 13. The van der Waals surface area contributed by atoms with E-state index >= 15 is 0 Å². The van der Waals surface area contributed by atoms with Crippen molar-refractivity contribution in [2.45, 2.75) is 58.4 Å². The molecule has 0 aliphatic carbocycles. The standard InChI is InChI=1S/C32H40ClN3O4S/c1-6-29(32(38)34-21-23(2)3)35(19-18-26-10-8-7-9-11-26)31(37)22-36(30-20-27(33)15-14-25(30)5)41(39,40)28-16-12-24(4)13-17-28/h7-17,20,23,29H,6,18-19,21-22H2,1-5H3,(H,34,38). The summed E-state index contributed by atoms with van der Waals surface area (Å²) in [4.78, 5) is 29.0. The lowest BCUT2D eigenvalue weighted by Crippen LogP contribution is -2.53. The number of nitrogens with zero attached hydrogens (tertiary/aromatic N) is 2. The zero-order valence-corrected chi connectivity index (χ0v) is 26.0. The van der Waals surface area contributed by atoms with Gasteiger partial charge in [-0.2, -0.15) is 0 Å². The Morgan fingerprint density at radius 2 is 1.61 bits per heavy atom. The summed E-state index contributed by atoms with van der Waals surface area (Å²) in [5.41, 5.74) is 2.88. The molecule has 7 nitrogen and oxygen atoms in total. The Balaban J connectivity index is 2.04. The molecular weight excluding hydrogens is 558 g/mol. The Hall–Kier alpha value is -3.36. The van der Waals surface area contributed by atoms with Gasteiger partial charge in [0, 0.05) is 18.1 Å². The van der Waals surface area contributed by atoms with Crippen LogP contribution in [0.25, 0.3) is 0 Å². The second-order valence-electron chi connectivity index (χ2n) is 10.6. The van der Waals surface area contributed by atoms with Crippen molar-refractivity contribution in [3.63, 3.8) is 0 Å². The van der Waals surface area contributed by atoms with Crippen molar-refractivity contribution in [2.75, 3.05) is 23.9 Å². The molecule has 0 heterocycles. The summed E-state index contributed by atoms with van der Waals surface area (Å²) < 4.78 is 29.2. The minimum atomic E-state index is -4.15. The van der Waals surface area contributed by atoms with E-state index in [0.29, 0.717) is 35.7 Å². The molecule has 3 aromatic carbocycles. The first-order chi connectivity index (χ1) is 19.4. The molecule has 0 aliphatic rings. The molecular formula is C32H40ClN3O4S. The molecule has 0 saturated carbocycles. The van der Waals surface area contributed by atoms with Crippen molar-refractivity contribution in [1.29, 1.82) is 0 Å². The lowest BCUT2D eigenvalue weighted by atomic mass is 10.1. The molecule has 41 heavy (non-hydrogen) atoms. The van der Waals surface area contributed by atoms with Gasteiger partial charge in [0.25, 0.3) is 10.0 Å². The van der Waals surface area contributed by atoms with Crippen LogP contribution in [0.4, 0.5) is 5.69 Å². The zero-order chi connectivity index (χ0) is 30.2. The van der Waals surface area contributed by atoms with Crippen LogP contribution in [0.15, 0.2) is 77.7 Å². The molecule has 0 fully saturated rings. The van der Waals surface area contributed by atoms with Gasteiger partial charge in [-0.1, -0.05) is 86.5 Å². The van der Waals surface area contributed by atoms with Crippen LogP contribution in [0.2, 0.25) is 5.02 Å². The van der Waals surface area contributed by atoms with Gasteiger partial charge in [0.2, 0.25) is 11.8 Å². The van der Waals surface area contributed by atoms with E-state index < -0.39 is 28.5 Å². The number of carbonyl (C=O) groups is 2. The van der Waals surface area contributed by atoms with Gasteiger partial charge in [-0.25, -0.2) is 8.42 Å². The number of halogens is 1. The molecule has 0 aliphatic heterocycles. The number of amides is 2. The van der Waals surface area contributed by atoms with Crippen LogP contribution in [0, 0.1) is 19.8 Å². The van der Waals surface area contributed by atoms with Gasteiger partial charge in [0.05, 0.1) is 10.6 Å². The van der Waals surface area contributed by atoms with Gasteiger partial charge in [-0.05, 0) is 68.0 Å². The first kappa shape index (κ1) is 32.2. The first-order valence-corrected chi connectivity index (χ1v) is 15.7. The Morgan fingerprint density at radius 1 is 0.951 bits per heavy atom. The van der Waals surface area contributed by atoms with Crippen LogP contribution in [0.5, 0.6) is 0 Å². The minimum Gasteiger partial charge on any atom is -0.354 e. The summed E-state index contributed by atoms with van der Waals surface area (Å²) in [7, 11) is -4.15. The maximum absolute atomic E-state index is 14.1. The van der Waals surface area contributed by atoms with E-state index in [4.69, 9.17) is 11.6 Å².